The predicted molar refractivity (Wildman–Crippen MR) is 130 cm³/mol. The lowest BCUT2D eigenvalue weighted by atomic mass is 9.85. The number of aliphatic hydroxyl groups excluding tert-OH is 1. The Labute approximate surface area is 207 Å². The van der Waals surface area contributed by atoms with Crippen LogP contribution < -0.4 is 11.1 Å². The van der Waals surface area contributed by atoms with E-state index in [0.717, 1.165) is 43.0 Å². The summed E-state index contributed by atoms with van der Waals surface area (Å²) >= 11 is 0. The zero-order chi connectivity index (χ0) is 26.0. The third kappa shape index (κ3) is 5.85. The molecular formula is C25H26F2N4O4S. The lowest BCUT2D eigenvalue weighted by Crippen LogP contribution is -2.24. The average Bonchev–Trinajstić information content (AvgIpc) is 2.82. The van der Waals surface area contributed by atoms with Crippen LogP contribution in [-0.4, -0.2) is 41.8 Å². The molecule has 2 aromatic carbocycles. The molecule has 0 bridgehead atoms. The zero-order valence-electron chi connectivity index (χ0n) is 19.5. The Hall–Kier alpha value is -3.44. The first-order valence-corrected chi connectivity index (χ1v) is 13.3. The minimum Gasteiger partial charge on any atom is -0.393 e. The van der Waals surface area contributed by atoms with E-state index < -0.39 is 27.4 Å². The number of sulfone groups is 1. The number of nitrogens with two attached hydrogens (primary N) is 1. The van der Waals surface area contributed by atoms with Gasteiger partial charge in [0.25, 0.3) is 5.91 Å². The third-order valence-electron chi connectivity index (χ3n) is 6.23. The predicted octanol–water partition coefficient (Wildman–Crippen LogP) is 3.36. The van der Waals surface area contributed by atoms with Crippen LogP contribution >= 0.6 is 0 Å². The fourth-order valence-electron chi connectivity index (χ4n) is 4.25. The van der Waals surface area contributed by atoms with E-state index in [1.165, 1.54) is 18.2 Å². The molecule has 1 aliphatic rings. The number of halogens is 2. The van der Waals surface area contributed by atoms with Crippen LogP contribution in [-0.2, 0) is 16.4 Å². The molecule has 0 aliphatic heterocycles. The molecule has 1 amide bonds. The minimum atomic E-state index is -3.64. The van der Waals surface area contributed by atoms with E-state index in [1.54, 1.807) is 6.20 Å². The van der Waals surface area contributed by atoms with Gasteiger partial charge in [-0.15, -0.1) is 0 Å². The average molecular weight is 517 g/mol. The van der Waals surface area contributed by atoms with E-state index in [2.05, 4.69) is 15.3 Å². The summed E-state index contributed by atoms with van der Waals surface area (Å²) in [6.07, 6.45) is 5.13. The number of nitrogens with zero attached hydrogens (tertiary/aromatic N) is 2. The molecule has 0 radical (unpaired) electrons. The zero-order valence-corrected chi connectivity index (χ0v) is 20.4. The number of hydrogen-bond donors (Lipinski definition) is 3. The summed E-state index contributed by atoms with van der Waals surface area (Å²) in [6, 6.07) is 7.18. The van der Waals surface area contributed by atoms with Crippen molar-refractivity contribution in [1.82, 2.24) is 15.3 Å². The second-order valence-electron chi connectivity index (χ2n) is 8.98. The Balaban J connectivity index is 1.51. The molecule has 0 saturated heterocycles. The van der Waals surface area contributed by atoms with Gasteiger partial charge in [0.05, 0.1) is 28.5 Å². The quantitative estimate of drug-likeness (QED) is 0.457. The van der Waals surface area contributed by atoms with Crippen LogP contribution in [0.1, 0.15) is 53.2 Å². The number of aromatic nitrogens is 2. The molecule has 36 heavy (non-hydrogen) atoms. The van der Waals surface area contributed by atoms with Gasteiger partial charge in [-0.2, -0.15) is 0 Å². The van der Waals surface area contributed by atoms with Gasteiger partial charge in [-0.05, 0) is 61.6 Å². The first kappa shape index (κ1) is 25.6. The smallest absolute Gasteiger partial charge is 0.254 e. The van der Waals surface area contributed by atoms with Gasteiger partial charge in [0.1, 0.15) is 23.1 Å². The Bertz CT molecular complexity index is 1410. The van der Waals surface area contributed by atoms with Gasteiger partial charge in [-0.3, -0.25) is 4.79 Å². The third-order valence-corrected chi connectivity index (χ3v) is 7.33. The maximum atomic E-state index is 14.9. The molecule has 4 rings (SSSR count). The van der Waals surface area contributed by atoms with Crippen molar-refractivity contribution in [3.63, 3.8) is 0 Å². The van der Waals surface area contributed by atoms with Gasteiger partial charge >= 0.3 is 0 Å². The summed E-state index contributed by atoms with van der Waals surface area (Å²) in [7, 11) is -3.64. The van der Waals surface area contributed by atoms with Crippen molar-refractivity contribution in [3.8, 4) is 11.3 Å². The minimum absolute atomic E-state index is 0.124. The molecule has 1 heterocycles. The van der Waals surface area contributed by atoms with E-state index in [-0.39, 0.29) is 40.4 Å². The number of rotatable bonds is 6. The molecule has 190 valence electrons. The number of benzene rings is 2. The highest BCUT2D eigenvalue weighted by atomic mass is 32.2. The van der Waals surface area contributed by atoms with Crippen molar-refractivity contribution in [2.45, 2.75) is 49.1 Å². The van der Waals surface area contributed by atoms with Crippen molar-refractivity contribution < 1.29 is 27.1 Å². The largest absolute Gasteiger partial charge is 0.393 e. The van der Waals surface area contributed by atoms with Crippen LogP contribution in [0.15, 0.2) is 47.5 Å². The van der Waals surface area contributed by atoms with Crippen molar-refractivity contribution in [1.29, 1.82) is 0 Å². The highest BCUT2D eigenvalue weighted by molar-refractivity contribution is 7.90. The monoisotopic (exact) mass is 516 g/mol. The van der Waals surface area contributed by atoms with Crippen molar-refractivity contribution in [2.24, 2.45) is 0 Å². The Morgan fingerprint density at radius 3 is 2.53 bits per heavy atom. The lowest BCUT2D eigenvalue weighted by molar-refractivity contribution is 0.0946. The lowest BCUT2D eigenvalue weighted by Gasteiger charge is -2.25. The van der Waals surface area contributed by atoms with Gasteiger partial charge in [-0.1, -0.05) is 6.07 Å². The standard InChI is InChI=1S/C25H26F2N4O4S/c1-36(34,35)19-9-14(8-17(26)11-19)12-30-25(33)20-7-4-16(10-21(20)27)23-24(28)29-13-22(31-23)15-2-5-18(32)6-3-15/h4,7-11,13,15,18,32H,2-3,5-6,12H2,1H3,(H2,28,29)(H,30,33). The number of carbonyl (C=O) groups excluding carboxylic acids is 1. The fraction of sp³-hybridized carbons (Fsp3) is 0.320. The first-order chi connectivity index (χ1) is 17.0. The van der Waals surface area contributed by atoms with Gasteiger partial charge in [0.15, 0.2) is 9.84 Å². The van der Waals surface area contributed by atoms with Crippen LogP contribution in [0.4, 0.5) is 14.6 Å². The molecule has 0 unspecified atom stereocenters. The van der Waals surface area contributed by atoms with E-state index in [1.807, 2.05) is 0 Å². The summed E-state index contributed by atoms with van der Waals surface area (Å²) < 4.78 is 52.1. The van der Waals surface area contributed by atoms with Crippen LogP contribution in [0.3, 0.4) is 0 Å². The van der Waals surface area contributed by atoms with Crippen LogP contribution in [0.2, 0.25) is 0 Å². The highest BCUT2D eigenvalue weighted by Gasteiger charge is 2.23. The second kappa shape index (κ2) is 10.3. The SMILES string of the molecule is CS(=O)(=O)c1cc(F)cc(CNC(=O)c2ccc(-c3nc(C4CCC(O)CC4)cnc3N)cc2F)c1. The summed E-state index contributed by atoms with van der Waals surface area (Å²) in [5, 5.41) is 12.2. The maximum absolute atomic E-state index is 14.9. The van der Waals surface area contributed by atoms with Gasteiger partial charge in [-0.25, -0.2) is 27.2 Å². The Morgan fingerprint density at radius 1 is 1.14 bits per heavy atom. The summed E-state index contributed by atoms with van der Waals surface area (Å²) in [5.74, 6) is -2.07. The number of hydrogen-bond acceptors (Lipinski definition) is 7. The maximum Gasteiger partial charge on any atom is 0.254 e. The van der Waals surface area contributed by atoms with Crippen LogP contribution in [0.5, 0.6) is 0 Å². The highest BCUT2D eigenvalue weighted by Crippen LogP contribution is 2.34. The van der Waals surface area contributed by atoms with Crippen LogP contribution in [0.25, 0.3) is 11.3 Å². The second-order valence-corrected chi connectivity index (χ2v) is 11.0. The number of carbonyl (C=O) groups is 1. The summed E-state index contributed by atoms with van der Waals surface area (Å²) in [6.45, 7) is -0.198. The van der Waals surface area contributed by atoms with E-state index in [4.69, 9.17) is 5.73 Å². The number of amides is 1. The number of nitrogens with one attached hydrogen (secondary N) is 1. The Morgan fingerprint density at radius 2 is 1.86 bits per heavy atom. The molecule has 3 aromatic rings. The van der Waals surface area contributed by atoms with Crippen molar-refractivity contribution in [2.75, 3.05) is 12.0 Å². The molecule has 0 spiro atoms. The molecule has 11 heteroatoms. The number of nitrogen functional groups attached to an aromatic ring is 1. The van der Waals surface area contributed by atoms with E-state index in [9.17, 15) is 27.1 Å². The molecule has 1 aliphatic carbocycles. The molecular weight excluding hydrogens is 490 g/mol. The van der Waals surface area contributed by atoms with Gasteiger partial charge in [0, 0.05) is 24.3 Å². The topological polar surface area (TPSA) is 135 Å². The summed E-state index contributed by atoms with van der Waals surface area (Å²) in [5.41, 5.74) is 7.35. The van der Waals surface area contributed by atoms with Crippen molar-refractivity contribution >= 4 is 21.6 Å². The number of anilines is 1. The molecule has 4 N–H and O–H groups in total. The Kier molecular flexibility index (Phi) is 7.32. The number of aliphatic hydroxyl groups is 1. The van der Waals surface area contributed by atoms with Gasteiger partial charge < -0.3 is 16.2 Å². The van der Waals surface area contributed by atoms with E-state index >= 15 is 0 Å². The van der Waals surface area contributed by atoms with E-state index in [0.29, 0.717) is 24.1 Å². The molecule has 1 aromatic heterocycles. The molecule has 8 nitrogen and oxygen atoms in total. The normalized spacial score (nSPS) is 18.1. The van der Waals surface area contributed by atoms with Gasteiger partial charge in [0.2, 0.25) is 0 Å². The fourth-order valence-corrected chi connectivity index (χ4v) is 4.95. The van der Waals surface area contributed by atoms with Crippen LogP contribution in [0, 0.1) is 11.6 Å². The molecule has 1 saturated carbocycles. The summed E-state index contributed by atoms with van der Waals surface area (Å²) in [4.78, 5) is 21.2. The first-order valence-electron chi connectivity index (χ1n) is 11.4. The van der Waals surface area contributed by atoms with Crippen molar-refractivity contribution in [3.05, 3.63) is 71.1 Å². The molecule has 0 atom stereocenters. The molecule has 1 fully saturated rings.